The number of rotatable bonds is 7. The number of ether oxygens (including phenoxy) is 1. The molecule has 96 valence electrons. The molecule has 0 amide bonds. The molecule has 0 saturated heterocycles. The Morgan fingerprint density at radius 1 is 1.47 bits per heavy atom. The minimum Gasteiger partial charge on any atom is -0.467 e. The molecule has 2 atom stereocenters. The second-order valence-electron chi connectivity index (χ2n) is 4.95. The highest BCUT2D eigenvalue weighted by Gasteiger charge is 2.21. The van der Waals surface area contributed by atoms with E-state index >= 15 is 0 Å². The van der Waals surface area contributed by atoms with Crippen molar-refractivity contribution >= 4 is 0 Å². The van der Waals surface area contributed by atoms with Gasteiger partial charge in [0.15, 0.2) is 0 Å². The Hall–Kier alpha value is -0.800. The molecule has 2 unspecified atom stereocenters. The molecule has 0 spiro atoms. The largest absolute Gasteiger partial charge is 0.467 e. The topological polar surface area (TPSA) is 34.4 Å². The Balaban J connectivity index is 1.46. The predicted molar refractivity (Wildman–Crippen MR) is 67.8 cm³/mol. The Morgan fingerprint density at radius 2 is 2.41 bits per heavy atom. The Morgan fingerprint density at radius 3 is 3.12 bits per heavy atom. The highest BCUT2D eigenvalue weighted by Crippen LogP contribution is 2.24. The maximum absolute atomic E-state index is 5.54. The van der Waals surface area contributed by atoms with Crippen LogP contribution < -0.4 is 5.32 Å². The monoisotopic (exact) mass is 237 g/mol. The molecule has 1 aromatic rings. The van der Waals surface area contributed by atoms with Crippen LogP contribution in [0.3, 0.4) is 0 Å². The third kappa shape index (κ3) is 4.17. The van der Waals surface area contributed by atoms with E-state index < -0.39 is 0 Å². The average Bonchev–Trinajstić information content (AvgIpc) is 2.95. The lowest BCUT2D eigenvalue weighted by molar-refractivity contribution is 0.103. The van der Waals surface area contributed by atoms with Crippen molar-refractivity contribution in [2.45, 2.75) is 45.3 Å². The summed E-state index contributed by atoms with van der Waals surface area (Å²) in [6, 6.07) is 4.57. The lowest BCUT2D eigenvalue weighted by atomic mass is 10.1. The zero-order chi connectivity index (χ0) is 11.9. The average molecular weight is 237 g/mol. The van der Waals surface area contributed by atoms with Crippen LogP contribution >= 0.6 is 0 Å². The molecular formula is C14H23NO2. The van der Waals surface area contributed by atoms with E-state index in [-0.39, 0.29) is 0 Å². The second kappa shape index (κ2) is 6.82. The summed E-state index contributed by atoms with van der Waals surface area (Å²) in [5, 5.41) is 3.62. The van der Waals surface area contributed by atoms with Crippen LogP contribution in [0.15, 0.2) is 22.8 Å². The molecule has 2 rings (SSSR count). The van der Waals surface area contributed by atoms with Crippen LogP contribution in [-0.4, -0.2) is 19.2 Å². The summed E-state index contributed by atoms with van der Waals surface area (Å²) in [6.45, 7) is 4.80. The van der Waals surface area contributed by atoms with Gasteiger partial charge in [0.05, 0.1) is 6.26 Å². The van der Waals surface area contributed by atoms with Gasteiger partial charge in [-0.3, -0.25) is 0 Å². The zero-order valence-electron chi connectivity index (χ0n) is 10.7. The number of nitrogens with one attached hydrogen (secondary N) is 1. The van der Waals surface area contributed by atoms with Crippen LogP contribution in [0.2, 0.25) is 0 Å². The van der Waals surface area contributed by atoms with Crippen molar-refractivity contribution < 1.29 is 9.15 Å². The normalized spacial score (nSPS) is 24.3. The van der Waals surface area contributed by atoms with E-state index in [9.17, 15) is 0 Å². The van der Waals surface area contributed by atoms with Gasteiger partial charge in [-0.2, -0.15) is 0 Å². The lowest BCUT2D eigenvalue weighted by Crippen LogP contribution is -2.32. The summed E-state index contributed by atoms with van der Waals surface area (Å²) in [4.78, 5) is 0. The SMILES string of the molecule is CC1CCCC1NCCCOCc1ccco1. The predicted octanol–water partition coefficient (Wildman–Crippen LogP) is 2.96. The van der Waals surface area contributed by atoms with Crippen LogP contribution in [0, 0.1) is 5.92 Å². The number of hydrogen-bond donors (Lipinski definition) is 1. The summed E-state index contributed by atoms with van der Waals surface area (Å²) in [5.41, 5.74) is 0. The third-order valence-electron chi connectivity index (χ3n) is 3.56. The molecule has 1 aliphatic rings. The molecule has 0 aliphatic heterocycles. The van der Waals surface area contributed by atoms with E-state index in [4.69, 9.17) is 9.15 Å². The minimum absolute atomic E-state index is 0.590. The quantitative estimate of drug-likeness (QED) is 0.740. The summed E-state index contributed by atoms with van der Waals surface area (Å²) >= 11 is 0. The maximum Gasteiger partial charge on any atom is 0.129 e. The first-order chi connectivity index (χ1) is 8.36. The number of furan rings is 1. The lowest BCUT2D eigenvalue weighted by Gasteiger charge is -2.16. The van der Waals surface area contributed by atoms with Crippen molar-refractivity contribution in [3.05, 3.63) is 24.2 Å². The van der Waals surface area contributed by atoms with Gasteiger partial charge < -0.3 is 14.5 Å². The Kier molecular flexibility index (Phi) is 5.08. The fraction of sp³-hybridized carbons (Fsp3) is 0.714. The highest BCUT2D eigenvalue weighted by atomic mass is 16.5. The van der Waals surface area contributed by atoms with Crippen LogP contribution in [-0.2, 0) is 11.3 Å². The van der Waals surface area contributed by atoms with E-state index in [1.54, 1.807) is 6.26 Å². The summed E-state index contributed by atoms with van der Waals surface area (Å²) in [6.07, 6.45) is 6.86. The molecule has 3 nitrogen and oxygen atoms in total. The van der Waals surface area contributed by atoms with Crippen LogP contribution in [0.1, 0.15) is 38.4 Å². The fourth-order valence-corrected chi connectivity index (χ4v) is 2.48. The minimum atomic E-state index is 0.590. The molecule has 1 N–H and O–H groups in total. The molecule has 3 heteroatoms. The smallest absolute Gasteiger partial charge is 0.129 e. The van der Waals surface area contributed by atoms with Crippen molar-refractivity contribution in [3.8, 4) is 0 Å². The summed E-state index contributed by atoms with van der Waals surface area (Å²) in [7, 11) is 0. The molecule has 0 aromatic carbocycles. The molecule has 1 saturated carbocycles. The van der Waals surface area contributed by atoms with Crippen molar-refractivity contribution in [1.82, 2.24) is 5.32 Å². The second-order valence-corrected chi connectivity index (χ2v) is 4.95. The van der Waals surface area contributed by atoms with Gasteiger partial charge in [-0.25, -0.2) is 0 Å². The van der Waals surface area contributed by atoms with Gasteiger partial charge in [0, 0.05) is 12.6 Å². The van der Waals surface area contributed by atoms with Crippen molar-refractivity contribution in [1.29, 1.82) is 0 Å². The summed E-state index contributed by atoms with van der Waals surface area (Å²) < 4.78 is 10.7. The van der Waals surface area contributed by atoms with E-state index in [0.717, 1.165) is 37.3 Å². The Labute approximate surface area is 104 Å². The van der Waals surface area contributed by atoms with E-state index in [2.05, 4.69) is 12.2 Å². The molecule has 1 aromatic heterocycles. The van der Waals surface area contributed by atoms with E-state index in [1.807, 2.05) is 12.1 Å². The van der Waals surface area contributed by atoms with E-state index in [0.29, 0.717) is 6.61 Å². The van der Waals surface area contributed by atoms with Gasteiger partial charge in [-0.1, -0.05) is 13.3 Å². The molecule has 0 radical (unpaired) electrons. The van der Waals surface area contributed by atoms with Crippen LogP contribution in [0.25, 0.3) is 0 Å². The van der Waals surface area contributed by atoms with Crippen molar-refractivity contribution in [2.75, 3.05) is 13.2 Å². The van der Waals surface area contributed by atoms with Gasteiger partial charge in [0.1, 0.15) is 12.4 Å². The fourth-order valence-electron chi connectivity index (χ4n) is 2.48. The highest BCUT2D eigenvalue weighted by molar-refractivity contribution is 4.95. The van der Waals surface area contributed by atoms with Gasteiger partial charge in [-0.05, 0) is 43.9 Å². The standard InChI is InChI=1S/C14H23NO2/c1-12-5-2-7-14(12)15-8-4-9-16-11-13-6-3-10-17-13/h3,6,10,12,14-15H,2,4-5,7-9,11H2,1H3. The molecule has 1 fully saturated rings. The van der Waals surface area contributed by atoms with Crippen molar-refractivity contribution in [3.63, 3.8) is 0 Å². The number of hydrogen-bond acceptors (Lipinski definition) is 3. The first-order valence-corrected chi connectivity index (χ1v) is 6.70. The van der Waals surface area contributed by atoms with Crippen LogP contribution in [0.5, 0.6) is 0 Å². The van der Waals surface area contributed by atoms with Gasteiger partial charge in [-0.15, -0.1) is 0 Å². The first-order valence-electron chi connectivity index (χ1n) is 6.70. The molecule has 17 heavy (non-hydrogen) atoms. The van der Waals surface area contributed by atoms with E-state index in [1.165, 1.54) is 19.3 Å². The van der Waals surface area contributed by atoms with Gasteiger partial charge >= 0.3 is 0 Å². The Bertz CT molecular complexity index is 297. The molecule has 1 aliphatic carbocycles. The zero-order valence-corrected chi connectivity index (χ0v) is 10.7. The van der Waals surface area contributed by atoms with Gasteiger partial charge in [0.2, 0.25) is 0 Å². The van der Waals surface area contributed by atoms with Gasteiger partial charge in [0.25, 0.3) is 0 Å². The molecule has 0 bridgehead atoms. The van der Waals surface area contributed by atoms with Crippen LogP contribution in [0.4, 0.5) is 0 Å². The maximum atomic E-state index is 5.54. The summed E-state index contributed by atoms with van der Waals surface area (Å²) in [5.74, 6) is 1.75. The van der Waals surface area contributed by atoms with Crippen molar-refractivity contribution in [2.24, 2.45) is 5.92 Å². The third-order valence-corrected chi connectivity index (χ3v) is 3.56. The molecular weight excluding hydrogens is 214 g/mol. The molecule has 1 heterocycles. The first kappa shape index (κ1) is 12.7.